The van der Waals surface area contributed by atoms with E-state index in [2.05, 4.69) is 0 Å². The van der Waals surface area contributed by atoms with Crippen LogP contribution in [0.2, 0.25) is 0 Å². The number of amides is 1. The Labute approximate surface area is 147 Å². The minimum absolute atomic E-state index is 0.0476. The first-order valence-corrected chi connectivity index (χ1v) is 8.37. The van der Waals surface area contributed by atoms with Gasteiger partial charge in [0.1, 0.15) is 5.75 Å². The van der Waals surface area contributed by atoms with E-state index in [1.54, 1.807) is 12.1 Å². The Morgan fingerprint density at radius 2 is 1.60 bits per heavy atom. The lowest BCUT2D eigenvalue weighted by atomic mass is 9.95. The van der Waals surface area contributed by atoms with Gasteiger partial charge in [-0.05, 0) is 29.7 Å². The zero-order chi connectivity index (χ0) is 18.3. The smallest absolute Gasteiger partial charge is 0.358 e. The number of carboxylic acid groups (broad SMARTS) is 1. The van der Waals surface area contributed by atoms with Gasteiger partial charge in [0.05, 0.1) is 0 Å². The molecular weight excluding hydrogens is 318 g/mol. The number of carbonyl (C=O) groups is 2. The van der Waals surface area contributed by atoms with Crippen LogP contribution in [0.15, 0.2) is 54.6 Å². The van der Waals surface area contributed by atoms with Gasteiger partial charge in [-0.2, -0.15) is 0 Å². The predicted octanol–water partition coefficient (Wildman–Crippen LogP) is 3.62. The van der Waals surface area contributed by atoms with Gasteiger partial charge in [-0.1, -0.05) is 62.2 Å². The van der Waals surface area contributed by atoms with Crippen LogP contribution < -0.4 is 10.5 Å². The molecule has 0 aliphatic carbocycles. The molecule has 0 aromatic heterocycles. The van der Waals surface area contributed by atoms with E-state index in [4.69, 9.17) is 10.5 Å². The van der Waals surface area contributed by atoms with Crippen molar-refractivity contribution in [3.8, 4) is 16.9 Å². The predicted molar refractivity (Wildman–Crippen MR) is 96.2 cm³/mol. The number of aliphatic carboxylic acids is 1. The lowest BCUT2D eigenvalue weighted by molar-refractivity contribution is -0.162. The second kappa shape index (κ2) is 8.33. The van der Waals surface area contributed by atoms with Gasteiger partial charge in [-0.25, -0.2) is 4.79 Å². The van der Waals surface area contributed by atoms with Crippen molar-refractivity contribution in [1.29, 1.82) is 0 Å². The number of carbonyl (C=O) groups excluding carboxylic acids is 1. The van der Waals surface area contributed by atoms with E-state index < -0.39 is 17.5 Å². The van der Waals surface area contributed by atoms with Gasteiger partial charge in [-0.3, -0.25) is 4.79 Å². The Kier molecular flexibility index (Phi) is 6.17. The fourth-order valence-corrected chi connectivity index (χ4v) is 2.65. The number of rotatable bonds is 9. The first-order chi connectivity index (χ1) is 12.0. The molecule has 3 N–H and O–H groups in total. The maximum absolute atomic E-state index is 11.9. The molecule has 1 atom stereocenters. The van der Waals surface area contributed by atoms with Crippen molar-refractivity contribution in [1.82, 2.24) is 0 Å². The molecule has 1 unspecified atom stereocenters. The van der Waals surface area contributed by atoms with Crippen molar-refractivity contribution < 1.29 is 19.4 Å². The summed E-state index contributed by atoms with van der Waals surface area (Å²) >= 11 is 0. The summed E-state index contributed by atoms with van der Waals surface area (Å²) in [6.45, 7) is 2.00. The first kappa shape index (κ1) is 18.5. The standard InChI is InChI=1S/C20H23NO4/c1-2-3-7-14-20(18(21)22,19(23)24)25-17-12-10-16(11-13-17)15-8-5-4-6-9-15/h4-6,8-13H,2-3,7,14H2,1H3,(H2,21,22)(H,23,24). The summed E-state index contributed by atoms with van der Waals surface area (Å²) in [6.07, 6.45) is 2.30. The summed E-state index contributed by atoms with van der Waals surface area (Å²) in [5.41, 5.74) is 5.35. The molecular formula is C20H23NO4. The Hall–Kier alpha value is -2.82. The normalized spacial score (nSPS) is 13.0. The van der Waals surface area contributed by atoms with E-state index in [9.17, 15) is 14.7 Å². The monoisotopic (exact) mass is 341 g/mol. The number of hydrogen-bond acceptors (Lipinski definition) is 3. The fraction of sp³-hybridized carbons (Fsp3) is 0.300. The van der Waals surface area contributed by atoms with Crippen LogP contribution in [-0.2, 0) is 9.59 Å². The van der Waals surface area contributed by atoms with Crippen LogP contribution in [0.4, 0.5) is 0 Å². The van der Waals surface area contributed by atoms with Gasteiger partial charge in [-0.15, -0.1) is 0 Å². The maximum atomic E-state index is 11.9. The Balaban J connectivity index is 2.23. The van der Waals surface area contributed by atoms with Crippen LogP contribution in [0.25, 0.3) is 11.1 Å². The molecule has 0 fully saturated rings. The minimum Gasteiger partial charge on any atom is -0.478 e. The molecule has 1 amide bonds. The average molecular weight is 341 g/mol. The van der Waals surface area contributed by atoms with E-state index in [1.807, 2.05) is 49.4 Å². The third-order valence-electron chi connectivity index (χ3n) is 4.13. The molecule has 25 heavy (non-hydrogen) atoms. The van der Waals surface area contributed by atoms with Gasteiger partial charge in [0.25, 0.3) is 11.5 Å². The molecule has 0 saturated carbocycles. The topological polar surface area (TPSA) is 89.6 Å². The quantitative estimate of drug-likeness (QED) is 0.538. The number of hydrogen-bond donors (Lipinski definition) is 2. The third kappa shape index (κ3) is 4.38. The minimum atomic E-state index is -2.04. The fourth-order valence-electron chi connectivity index (χ4n) is 2.65. The highest BCUT2D eigenvalue weighted by molar-refractivity contribution is 6.05. The molecule has 5 heteroatoms. The first-order valence-electron chi connectivity index (χ1n) is 8.37. The molecule has 2 rings (SSSR count). The lowest BCUT2D eigenvalue weighted by Crippen LogP contribution is -2.55. The Morgan fingerprint density at radius 3 is 2.12 bits per heavy atom. The van der Waals surface area contributed by atoms with E-state index >= 15 is 0 Å². The maximum Gasteiger partial charge on any atom is 0.358 e. The lowest BCUT2D eigenvalue weighted by Gasteiger charge is -2.27. The zero-order valence-corrected chi connectivity index (χ0v) is 14.3. The SMILES string of the molecule is CCCCCC(Oc1ccc(-c2ccccc2)cc1)(C(N)=O)C(=O)O. The molecule has 132 valence electrons. The van der Waals surface area contributed by atoms with Gasteiger partial charge in [0, 0.05) is 6.42 Å². The number of benzene rings is 2. The molecule has 2 aromatic carbocycles. The van der Waals surface area contributed by atoms with Crippen LogP contribution in [0.3, 0.4) is 0 Å². The van der Waals surface area contributed by atoms with Crippen LogP contribution >= 0.6 is 0 Å². The molecule has 0 aliphatic rings. The molecule has 0 aliphatic heterocycles. The van der Waals surface area contributed by atoms with Gasteiger partial charge < -0.3 is 15.6 Å². The summed E-state index contributed by atoms with van der Waals surface area (Å²) in [5.74, 6) is -2.04. The summed E-state index contributed by atoms with van der Waals surface area (Å²) in [7, 11) is 0. The van der Waals surface area contributed by atoms with E-state index in [1.165, 1.54) is 0 Å². The van der Waals surface area contributed by atoms with Crippen LogP contribution in [0, 0.1) is 0 Å². The van der Waals surface area contributed by atoms with E-state index in [0.717, 1.165) is 24.0 Å². The van der Waals surface area contributed by atoms with E-state index in [0.29, 0.717) is 12.2 Å². The molecule has 0 heterocycles. The molecule has 0 bridgehead atoms. The van der Waals surface area contributed by atoms with Gasteiger partial charge in [0.2, 0.25) is 0 Å². The van der Waals surface area contributed by atoms with Crippen molar-refractivity contribution in [3.63, 3.8) is 0 Å². The summed E-state index contributed by atoms with van der Waals surface area (Å²) in [4.78, 5) is 23.6. The van der Waals surface area contributed by atoms with Crippen LogP contribution in [-0.4, -0.2) is 22.6 Å². The highest BCUT2D eigenvalue weighted by atomic mass is 16.5. The number of primary amides is 1. The van der Waals surface area contributed by atoms with Crippen molar-refractivity contribution in [2.45, 2.75) is 38.2 Å². The Morgan fingerprint density at radius 1 is 1.00 bits per heavy atom. The molecule has 0 saturated heterocycles. The number of carboxylic acids is 1. The second-order valence-electron chi connectivity index (χ2n) is 5.95. The molecule has 0 radical (unpaired) electrons. The van der Waals surface area contributed by atoms with Crippen LogP contribution in [0.5, 0.6) is 5.75 Å². The largest absolute Gasteiger partial charge is 0.478 e. The number of unbranched alkanes of at least 4 members (excludes halogenated alkanes) is 2. The number of ether oxygens (including phenoxy) is 1. The van der Waals surface area contributed by atoms with Gasteiger partial charge in [0.15, 0.2) is 0 Å². The Bertz CT molecular complexity index is 696. The zero-order valence-electron chi connectivity index (χ0n) is 14.3. The van der Waals surface area contributed by atoms with Crippen molar-refractivity contribution in [2.75, 3.05) is 0 Å². The van der Waals surface area contributed by atoms with Crippen molar-refractivity contribution in [2.24, 2.45) is 5.73 Å². The van der Waals surface area contributed by atoms with Gasteiger partial charge >= 0.3 is 5.97 Å². The van der Waals surface area contributed by atoms with E-state index in [-0.39, 0.29) is 6.42 Å². The number of nitrogens with two attached hydrogens (primary N) is 1. The highest BCUT2D eigenvalue weighted by Gasteiger charge is 2.47. The van der Waals surface area contributed by atoms with Crippen molar-refractivity contribution >= 4 is 11.9 Å². The van der Waals surface area contributed by atoms with Crippen molar-refractivity contribution in [3.05, 3.63) is 54.6 Å². The third-order valence-corrected chi connectivity index (χ3v) is 4.13. The highest BCUT2D eigenvalue weighted by Crippen LogP contribution is 2.27. The van der Waals surface area contributed by atoms with Crippen LogP contribution in [0.1, 0.15) is 32.6 Å². The average Bonchev–Trinajstić information content (AvgIpc) is 2.62. The summed E-state index contributed by atoms with van der Waals surface area (Å²) < 4.78 is 5.59. The second-order valence-corrected chi connectivity index (χ2v) is 5.95. The summed E-state index contributed by atoms with van der Waals surface area (Å²) in [5, 5.41) is 9.56. The molecule has 5 nitrogen and oxygen atoms in total. The summed E-state index contributed by atoms with van der Waals surface area (Å²) in [6, 6.07) is 16.7. The molecule has 0 spiro atoms. The molecule has 2 aromatic rings.